The number of nitrogens with two attached hydrogens (primary N) is 1. The number of carbonyl (C=O) groups excluding carboxylic acids is 1. The van der Waals surface area contributed by atoms with Crippen LogP contribution in [0.5, 0.6) is 0 Å². The van der Waals surface area contributed by atoms with Crippen molar-refractivity contribution in [2.45, 2.75) is 32.5 Å². The van der Waals surface area contributed by atoms with Crippen LogP contribution in [0.25, 0.3) is 0 Å². The molecule has 102 valence electrons. The minimum atomic E-state index is -5.08. The van der Waals surface area contributed by atoms with Crippen molar-refractivity contribution in [1.82, 2.24) is 5.32 Å². The molecule has 0 rings (SSSR count). The molecule has 2 atom stereocenters. The minimum Gasteiger partial charge on any atom is -0.475 e. The van der Waals surface area contributed by atoms with Gasteiger partial charge in [0.1, 0.15) is 0 Å². The first-order valence-corrected chi connectivity index (χ1v) is 4.84. The third kappa shape index (κ3) is 8.49. The van der Waals surface area contributed by atoms with Gasteiger partial charge in [0.25, 0.3) is 0 Å². The Hall–Kier alpha value is -1.31. The summed E-state index contributed by atoms with van der Waals surface area (Å²) in [6.07, 6.45) is -4.12. The molecular weight excluding hydrogens is 241 g/mol. The number of aliphatic carboxylic acids is 1. The smallest absolute Gasteiger partial charge is 0.475 e. The van der Waals surface area contributed by atoms with Crippen LogP contribution in [-0.2, 0) is 9.59 Å². The minimum absolute atomic E-state index is 0.176. The van der Waals surface area contributed by atoms with Crippen LogP contribution in [0, 0.1) is 5.92 Å². The molecule has 4 N–H and O–H groups in total. The molecule has 0 saturated heterocycles. The van der Waals surface area contributed by atoms with E-state index in [1.165, 1.54) is 0 Å². The fraction of sp³-hybridized carbons (Fsp3) is 0.778. The molecule has 0 aliphatic carbocycles. The molecule has 0 aliphatic heterocycles. The van der Waals surface area contributed by atoms with Gasteiger partial charge in [-0.25, -0.2) is 4.79 Å². The first-order chi connectivity index (χ1) is 7.57. The van der Waals surface area contributed by atoms with Crippen molar-refractivity contribution < 1.29 is 27.9 Å². The van der Waals surface area contributed by atoms with Crippen LogP contribution in [0.3, 0.4) is 0 Å². The first kappa shape index (κ1) is 18.1. The predicted octanol–water partition coefficient (Wildman–Crippen LogP) is 0.739. The second-order valence-electron chi connectivity index (χ2n) is 3.36. The normalized spacial score (nSPS) is 14.2. The molecule has 0 radical (unpaired) electrons. The van der Waals surface area contributed by atoms with Gasteiger partial charge >= 0.3 is 12.1 Å². The number of alkyl halides is 3. The van der Waals surface area contributed by atoms with Gasteiger partial charge in [-0.2, -0.15) is 13.2 Å². The van der Waals surface area contributed by atoms with Gasteiger partial charge in [0.05, 0.1) is 6.04 Å². The van der Waals surface area contributed by atoms with Gasteiger partial charge in [-0.05, 0) is 13.0 Å². The van der Waals surface area contributed by atoms with Gasteiger partial charge in [-0.1, -0.05) is 20.3 Å². The average Bonchev–Trinajstić information content (AvgIpc) is 2.17. The molecule has 0 saturated carbocycles. The average molecular weight is 258 g/mol. The zero-order chi connectivity index (χ0) is 14.2. The van der Waals surface area contributed by atoms with Crippen LogP contribution >= 0.6 is 0 Å². The monoisotopic (exact) mass is 258 g/mol. The quantitative estimate of drug-likeness (QED) is 0.693. The van der Waals surface area contributed by atoms with Gasteiger partial charge in [-0.15, -0.1) is 0 Å². The SMILES string of the molecule is CCC(C)C(NC)C(N)=O.O=C(O)C(F)(F)F. The summed E-state index contributed by atoms with van der Waals surface area (Å²) in [5.74, 6) is -2.70. The molecule has 0 heterocycles. The zero-order valence-corrected chi connectivity index (χ0v) is 9.84. The Morgan fingerprint density at radius 3 is 1.82 bits per heavy atom. The van der Waals surface area contributed by atoms with Gasteiger partial charge in [0.2, 0.25) is 5.91 Å². The van der Waals surface area contributed by atoms with E-state index in [1.807, 2.05) is 13.8 Å². The maximum absolute atomic E-state index is 10.7. The molecule has 1 amide bonds. The fourth-order valence-electron chi connectivity index (χ4n) is 0.943. The van der Waals surface area contributed by atoms with E-state index in [0.29, 0.717) is 5.92 Å². The summed E-state index contributed by atoms with van der Waals surface area (Å²) >= 11 is 0. The summed E-state index contributed by atoms with van der Waals surface area (Å²) in [6, 6.07) is -0.176. The Balaban J connectivity index is 0. The topological polar surface area (TPSA) is 92.4 Å². The molecule has 5 nitrogen and oxygen atoms in total. The third-order valence-corrected chi connectivity index (χ3v) is 2.07. The van der Waals surface area contributed by atoms with Crippen LogP contribution in [0.2, 0.25) is 0 Å². The molecule has 8 heteroatoms. The molecule has 0 aromatic rings. The lowest BCUT2D eigenvalue weighted by Gasteiger charge is -2.18. The van der Waals surface area contributed by atoms with E-state index in [1.54, 1.807) is 7.05 Å². The summed E-state index contributed by atoms with van der Waals surface area (Å²) in [7, 11) is 1.75. The Kier molecular flexibility index (Phi) is 8.38. The van der Waals surface area contributed by atoms with Crippen molar-refractivity contribution in [3.63, 3.8) is 0 Å². The molecule has 17 heavy (non-hydrogen) atoms. The third-order valence-electron chi connectivity index (χ3n) is 2.07. The number of halogens is 3. The molecule has 0 spiro atoms. The molecular formula is C9H17F3N2O3. The van der Waals surface area contributed by atoms with E-state index in [9.17, 15) is 18.0 Å². The van der Waals surface area contributed by atoms with Crippen molar-refractivity contribution in [3.05, 3.63) is 0 Å². The van der Waals surface area contributed by atoms with Crippen LogP contribution in [0.4, 0.5) is 13.2 Å². The number of carboxylic acid groups (broad SMARTS) is 1. The number of hydrogen-bond acceptors (Lipinski definition) is 3. The number of likely N-dealkylation sites (N-methyl/N-ethyl adjacent to an activating group) is 1. The molecule has 0 aromatic carbocycles. The van der Waals surface area contributed by atoms with E-state index in [0.717, 1.165) is 6.42 Å². The van der Waals surface area contributed by atoms with Crippen LogP contribution in [0.1, 0.15) is 20.3 Å². The lowest BCUT2D eigenvalue weighted by Crippen LogP contribution is -2.43. The standard InChI is InChI=1S/C7H16N2O.C2HF3O2/c1-4-5(2)6(9-3)7(8)10;3-2(4,5)1(6)7/h5-6,9H,4H2,1-3H3,(H2,8,10);(H,6,7). The van der Waals surface area contributed by atoms with Gasteiger partial charge in [-0.3, -0.25) is 4.79 Å². The lowest BCUT2D eigenvalue weighted by atomic mass is 9.99. The molecule has 0 bridgehead atoms. The molecule has 0 fully saturated rings. The number of primary amides is 1. The second kappa shape index (κ2) is 7.88. The van der Waals surface area contributed by atoms with E-state index in [-0.39, 0.29) is 11.9 Å². The van der Waals surface area contributed by atoms with Gasteiger partial charge in [0.15, 0.2) is 0 Å². The maximum atomic E-state index is 10.7. The van der Waals surface area contributed by atoms with E-state index >= 15 is 0 Å². The van der Waals surface area contributed by atoms with Crippen molar-refractivity contribution in [2.75, 3.05) is 7.05 Å². The number of carboxylic acids is 1. The van der Waals surface area contributed by atoms with Crippen LogP contribution < -0.4 is 11.1 Å². The number of hydrogen-bond donors (Lipinski definition) is 3. The summed E-state index contributed by atoms with van der Waals surface area (Å²) in [6.45, 7) is 4.05. The summed E-state index contributed by atoms with van der Waals surface area (Å²) < 4.78 is 31.7. The molecule has 0 aliphatic rings. The maximum Gasteiger partial charge on any atom is 0.490 e. The highest BCUT2D eigenvalue weighted by Gasteiger charge is 2.38. The largest absolute Gasteiger partial charge is 0.490 e. The highest BCUT2D eigenvalue weighted by molar-refractivity contribution is 5.80. The predicted molar refractivity (Wildman–Crippen MR) is 55.2 cm³/mol. The number of amides is 1. The Bertz CT molecular complexity index is 256. The summed E-state index contributed by atoms with van der Waals surface area (Å²) in [4.78, 5) is 19.6. The number of carbonyl (C=O) groups is 2. The Morgan fingerprint density at radius 1 is 1.41 bits per heavy atom. The van der Waals surface area contributed by atoms with Crippen LogP contribution in [-0.4, -0.2) is 36.2 Å². The summed E-state index contributed by atoms with van der Waals surface area (Å²) in [5.41, 5.74) is 5.12. The van der Waals surface area contributed by atoms with Crippen molar-refractivity contribution >= 4 is 11.9 Å². The van der Waals surface area contributed by atoms with E-state index in [2.05, 4.69) is 5.32 Å². The fourth-order valence-corrected chi connectivity index (χ4v) is 0.943. The molecule has 0 aromatic heterocycles. The van der Waals surface area contributed by atoms with E-state index < -0.39 is 12.1 Å². The first-order valence-electron chi connectivity index (χ1n) is 4.84. The highest BCUT2D eigenvalue weighted by atomic mass is 19.4. The lowest BCUT2D eigenvalue weighted by molar-refractivity contribution is -0.192. The number of rotatable bonds is 4. The van der Waals surface area contributed by atoms with E-state index in [4.69, 9.17) is 15.6 Å². The van der Waals surface area contributed by atoms with Gasteiger partial charge in [0, 0.05) is 0 Å². The molecule has 2 unspecified atom stereocenters. The Morgan fingerprint density at radius 2 is 1.76 bits per heavy atom. The highest BCUT2D eigenvalue weighted by Crippen LogP contribution is 2.13. The zero-order valence-electron chi connectivity index (χ0n) is 9.84. The van der Waals surface area contributed by atoms with Gasteiger partial charge < -0.3 is 16.2 Å². The van der Waals surface area contributed by atoms with Crippen LogP contribution in [0.15, 0.2) is 0 Å². The Labute approximate surface area is 97.2 Å². The van der Waals surface area contributed by atoms with Crippen molar-refractivity contribution in [3.8, 4) is 0 Å². The van der Waals surface area contributed by atoms with Crippen molar-refractivity contribution in [2.24, 2.45) is 11.7 Å². The summed E-state index contributed by atoms with van der Waals surface area (Å²) in [5, 5.41) is 10.0. The second-order valence-corrected chi connectivity index (χ2v) is 3.36. The number of nitrogens with one attached hydrogen (secondary N) is 1. The van der Waals surface area contributed by atoms with Crippen molar-refractivity contribution in [1.29, 1.82) is 0 Å².